The van der Waals surface area contributed by atoms with Gasteiger partial charge >= 0.3 is 0 Å². The molecule has 0 atom stereocenters. The van der Waals surface area contributed by atoms with E-state index in [1.165, 1.54) is 51.6 Å². The Balaban J connectivity index is 2.88. The topological polar surface area (TPSA) is 12.0 Å². The van der Waals surface area contributed by atoms with Gasteiger partial charge in [-0.25, -0.2) is 0 Å². The fourth-order valence-electron chi connectivity index (χ4n) is 1.31. The van der Waals surface area contributed by atoms with Crippen molar-refractivity contribution in [2.24, 2.45) is 0 Å². The number of thiocarbonyl (C=S) groups is 1. The summed E-state index contributed by atoms with van der Waals surface area (Å²) in [5.74, 6) is 0. The van der Waals surface area contributed by atoms with Crippen LogP contribution in [0.1, 0.15) is 51.9 Å². The van der Waals surface area contributed by atoms with Crippen LogP contribution in [0.2, 0.25) is 0 Å². The van der Waals surface area contributed by atoms with Crippen molar-refractivity contribution in [3.8, 4) is 0 Å². The van der Waals surface area contributed by atoms with Gasteiger partial charge < -0.3 is 5.32 Å². The Bertz CT molecular complexity index is 137. The molecule has 0 aromatic rings. The first-order valence-electron chi connectivity index (χ1n) is 5.70. The number of rotatable bonds is 10. The summed E-state index contributed by atoms with van der Waals surface area (Å²) in [6, 6.07) is 0. The summed E-state index contributed by atoms with van der Waals surface area (Å²) in [5, 5.41) is 3.45. The Morgan fingerprint density at radius 2 is 1.71 bits per heavy atom. The third-order valence-corrected chi connectivity index (χ3v) is 2.63. The van der Waals surface area contributed by atoms with Gasteiger partial charge in [0, 0.05) is 4.20 Å². The number of thiol groups is 1. The second-order valence-corrected chi connectivity index (χ2v) is 5.00. The van der Waals surface area contributed by atoms with E-state index >= 15 is 0 Å². The molecule has 0 aliphatic heterocycles. The zero-order chi connectivity index (χ0) is 10.6. The minimum absolute atomic E-state index is 0.853. The first kappa shape index (κ1) is 14.4. The van der Waals surface area contributed by atoms with E-state index in [0.29, 0.717) is 0 Å². The minimum atomic E-state index is 0.853. The molecule has 0 fully saturated rings. The highest BCUT2D eigenvalue weighted by atomic mass is 32.1. The molecule has 3 heteroatoms. The summed E-state index contributed by atoms with van der Waals surface area (Å²) in [7, 11) is 0. The lowest BCUT2D eigenvalue weighted by molar-refractivity contribution is 0.579. The van der Waals surface area contributed by atoms with Gasteiger partial charge in [-0.3, -0.25) is 0 Å². The molecule has 0 amide bonds. The first-order valence-corrected chi connectivity index (χ1v) is 6.55. The molecule has 0 aromatic heterocycles. The molecular weight excluding hydrogens is 210 g/mol. The van der Waals surface area contributed by atoms with Crippen molar-refractivity contribution in [3.63, 3.8) is 0 Å². The van der Waals surface area contributed by atoms with Gasteiger partial charge in [0.1, 0.15) is 0 Å². The molecule has 14 heavy (non-hydrogen) atoms. The molecule has 0 saturated carbocycles. The Kier molecular flexibility index (Phi) is 11.8. The van der Waals surface area contributed by atoms with Gasteiger partial charge in [0.2, 0.25) is 0 Å². The molecule has 0 spiro atoms. The van der Waals surface area contributed by atoms with Crippen LogP contribution >= 0.6 is 24.8 Å². The van der Waals surface area contributed by atoms with Gasteiger partial charge in [-0.1, -0.05) is 38.4 Å². The molecule has 0 rings (SSSR count). The van der Waals surface area contributed by atoms with Gasteiger partial charge in [0.05, 0.1) is 0 Å². The van der Waals surface area contributed by atoms with Crippen molar-refractivity contribution < 1.29 is 0 Å². The maximum Gasteiger partial charge on any atom is 0.0448 e. The smallest absolute Gasteiger partial charge is 0.0448 e. The van der Waals surface area contributed by atoms with Crippen LogP contribution in [0.5, 0.6) is 0 Å². The van der Waals surface area contributed by atoms with E-state index in [4.69, 9.17) is 12.2 Å². The molecule has 1 N–H and O–H groups in total. The summed E-state index contributed by atoms with van der Waals surface area (Å²) in [5.41, 5.74) is 0. The molecule has 0 heterocycles. The second kappa shape index (κ2) is 11.5. The predicted octanol–water partition coefficient (Wildman–Crippen LogP) is 3.58. The zero-order valence-corrected chi connectivity index (χ0v) is 10.9. The molecule has 0 radical (unpaired) electrons. The number of hydrogen-bond donors (Lipinski definition) is 2. The van der Waals surface area contributed by atoms with Crippen LogP contribution < -0.4 is 5.32 Å². The highest BCUT2D eigenvalue weighted by Gasteiger charge is 1.92. The van der Waals surface area contributed by atoms with E-state index in [1.54, 1.807) is 0 Å². The maximum atomic E-state index is 4.90. The Hall–Kier alpha value is 0.400. The molecule has 0 aromatic carbocycles. The summed E-state index contributed by atoms with van der Waals surface area (Å²) in [4.78, 5) is 0. The summed E-state index contributed by atoms with van der Waals surface area (Å²) >= 11 is 9.00. The average Bonchev–Trinajstić information content (AvgIpc) is 2.15. The van der Waals surface area contributed by atoms with Gasteiger partial charge in [-0.15, -0.1) is 12.6 Å². The van der Waals surface area contributed by atoms with Gasteiger partial charge in [-0.05, 0) is 38.8 Å². The lowest BCUT2D eigenvalue weighted by Crippen LogP contribution is -2.16. The summed E-state index contributed by atoms with van der Waals surface area (Å²) in [6.07, 6.45) is 8.69. The van der Waals surface area contributed by atoms with E-state index in [2.05, 4.69) is 24.9 Å². The van der Waals surface area contributed by atoms with Crippen molar-refractivity contribution in [1.29, 1.82) is 0 Å². The van der Waals surface area contributed by atoms with Crippen LogP contribution in [-0.2, 0) is 0 Å². The molecule has 0 bridgehead atoms. The highest BCUT2D eigenvalue weighted by Crippen LogP contribution is 2.05. The van der Waals surface area contributed by atoms with Crippen LogP contribution in [0.15, 0.2) is 0 Å². The molecule has 0 saturated heterocycles. The lowest BCUT2D eigenvalue weighted by atomic mass is 10.1. The molecular formula is C11H23NS2. The highest BCUT2D eigenvalue weighted by molar-refractivity contribution is 8.11. The number of hydrogen-bond acceptors (Lipinski definition) is 2. The fraction of sp³-hybridized carbons (Fsp3) is 0.909. The van der Waals surface area contributed by atoms with Crippen LogP contribution in [0.3, 0.4) is 0 Å². The quantitative estimate of drug-likeness (QED) is 0.340. The first-order chi connectivity index (χ1) is 6.77. The summed E-state index contributed by atoms with van der Waals surface area (Å²) in [6.45, 7) is 4.57. The minimum Gasteiger partial charge on any atom is -0.317 e. The standard InChI is InChI=1S/C11H23NS2/c1-2-3-9-12-10-7-5-4-6-8-11(13)14/h12H,2-10H2,1H3,(H,13,14). The molecule has 0 aliphatic rings. The van der Waals surface area contributed by atoms with Gasteiger partial charge in [0.25, 0.3) is 0 Å². The molecule has 1 nitrogen and oxygen atoms in total. The van der Waals surface area contributed by atoms with Crippen molar-refractivity contribution in [1.82, 2.24) is 5.32 Å². The van der Waals surface area contributed by atoms with Crippen molar-refractivity contribution in [3.05, 3.63) is 0 Å². The average molecular weight is 233 g/mol. The second-order valence-electron chi connectivity index (χ2n) is 3.66. The van der Waals surface area contributed by atoms with Gasteiger partial charge in [0.15, 0.2) is 0 Å². The van der Waals surface area contributed by atoms with Crippen molar-refractivity contribution in [2.45, 2.75) is 51.9 Å². The third kappa shape index (κ3) is 12.4. The van der Waals surface area contributed by atoms with E-state index in [1.807, 2.05) is 0 Å². The van der Waals surface area contributed by atoms with Crippen molar-refractivity contribution >= 4 is 29.0 Å². The van der Waals surface area contributed by atoms with E-state index in [9.17, 15) is 0 Å². The molecule has 84 valence electrons. The molecule has 0 unspecified atom stereocenters. The number of nitrogens with one attached hydrogen (secondary N) is 1. The monoisotopic (exact) mass is 233 g/mol. The number of unbranched alkanes of at least 4 members (excludes halogenated alkanes) is 4. The Morgan fingerprint density at radius 3 is 2.36 bits per heavy atom. The van der Waals surface area contributed by atoms with Crippen LogP contribution in [0.4, 0.5) is 0 Å². The van der Waals surface area contributed by atoms with Gasteiger partial charge in [-0.2, -0.15) is 0 Å². The Morgan fingerprint density at radius 1 is 1.07 bits per heavy atom. The van der Waals surface area contributed by atoms with E-state index in [0.717, 1.165) is 10.6 Å². The largest absolute Gasteiger partial charge is 0.317 e. The van der Waals surface area contributed by atoms with Crippen LogP contribution in [0, 0.1) is 0 Å². The fourth-order valence-corrected chi connectivity index (χ4v) is 1.61. The van der Waals surface area contributed by atoms with E-state index < -0.39 is 0 Å². The maximum absolute atomic E-state index is 4.90. The SMILES string of the molecule is CCCCNCCCCCCC(=S)S. The van der Waals surface area contributed by atoms with Crippen LogP contribution in [-0.4, -0.2) is 17.3 Å². The van der Waals surface area contributed by atoms with Crippen LogP contribution in [0.25, 0.3) is 0 Å². The molecule has 0 aliphatic carbocycles. The Labute approximate surface area is 99.5 Å². The zero-order valence-electron chi connectivity index (χ0n) is 9.22. The summed E-state index contributed by atoms with van der Waals surface area (Å²) < 4.78 is 0.853. The third-order valence-electron chi connectivity index (χ3n) is 2.20. The lowest BCUT2D eigenvalue weighted by Gasteiger charge is -2.03. The normalized spacial score (nSPS) is 10.4. The van der Waals surface area contributed by atoms with E-state index in [-0.39, 0.29) is 0 Å². The predicted molar refractivity (Wildman–Crippen MR) is 72.4 cm³/mol. The van der Waals surface area contributed by atoms with Crippen molar-refractivity contribution in [2.75, 3.05) is 13.1 Å².